The Bertz CT molecular complexity index is 367. The minimum atomic E-state index is 0.234. The lowest BCUT2D eigenvalue weighted by molar-refractivity contribution is 0.878. The predicted molar refractivity (Wildman–Crippen MR) is 43.8 cm³/mol. The smallest absolute Gasteiger partial charge is 0.169 e. The van der Waals surface area contributed by atoms with E-state index in [-0.39, 0.29) is 5.15 Å². The Morgan fingerprint density at radius 1 is 1.33 bits per heavy atom. The molecule has 1 aromatic rings. The highest BCUT2D eigenvalue weighted by Gasteiger charge is 2.19. The maximum absolute atomic E-state index is 8.78. The Kier molecular flexibility index (Phi) is 1.70. The van der Waals surface area contributed by atoms with Crippen molar-refractivity contribution >= 4 is 11.6 Å². The Morgan fingerprint density at radius 2 is 2.17 bits per heavy atom. The van der Waals surface area contributed by atoms with Crippen LogP contribution >= 0.6 is 11.6 Å². The SMILES string of the molecule is N#Cc1c(Cl)nnc2c1CCC2. The Labute approximate surface area is 75.0 Å². The van der Waals surface area contributed by atoms with E-state index in [0.717, 1.165) is 30.5 Å². The molecule has 0 N–H and O–H groups in total. The molecule has 0 radical (unpaired) electrons. The van der Waals surface area contributed by atoms with Crippen LogP contribution in [0.1, 0.15) is 23.2 Å². The summed E-state index contributed by atoms with van der Waals surface area (Å²) in [6, 6.07) is 2.06. The first-order chi connectivity index (χ1) is 5.83. The first kappa shape index (κ1) is 7.51. The molecule has 60 valence electrons. The van der Waals surface area contributed by atoms with Crippen LogP contribution in [0.2, 0.25) is 5.15 Å². The van der Waals surface area contributed by atoms with E-state index in [4.69, 9.17) is 16.9 Å². The first-order valence-corrected chi connectivity index (χ1v) is 4.14. The summed E-state index contributed by atoms with van der Waals surface area (Å²) in [6.45, 7) is 0. The van der Waals surface area contributed by atoms with Gasteiger partial charge >= 0.3 is 0 Å². The van der Waals surface area contributed by atoms with Gasteiger partial charge in [-0.2, -0.15) is 10.4 Å². The molecular weight excluding hydrogens is 174 g/mol. The van der Waals surface area contributed by atoms with Gasteiger partial charge in [0.2, 0.25) is 0 Å². The second-order valence-electron chi connectivity index (χ2n) is 2.76. The lowest BCUT2D eigenvalue weighted by Gasteiger charge is -1.99. The van der Waals surface area contributed by atoms with Gasteiger partial charge in [0.05, 0.1) is 11.3 Å². The summed E-state index contributed by atoms with van der Waals surface area (Å²) in [5, 5.41) is 16.7. The molecule has 0 amide bonds. The van der Waals surface area contributed by atoms with Crippen molar-refractivity contribution in [3.63, 3.8) is 0 Å². The van der Waals surface area contributed by atoms with Gasteiger partial charge in [0.1, 0.15) is 6.07 Å². The number of nitrogens with zero attached hydrogens (tertiary/aromatic N) is 3. The van der Waals surface area contributed by atoms with E-state index in [9.17, 15) is 0 Å². The van der Waals surface area contributed by atoms with Crippen LogP contribution in [0.3, 0.4) is 0 Å². The highest BCUT2D eigenvalue weighted by molar-refractivity contribution is 6.30. The van der Waals surface area contributed by atoms with Gasteiger partial charge in [0, 0.05) is 0 Å². The molecule has 0 spiro atoms. The number of hydrogen-bond donors (Lipinski definition) is 0. The van der Waals surface area contributed by atoms with Gasteiger partial charge in [-0.15, -0.1) is 5.10 Å². The zero-order valence-electron chi connectivity index (χ0n) is 6.34. The Morgan fingerprint density at radius 3 is 2.92 bits per heavy atom. The second-order valence-corrected chi connectivity index (χ2v) is 3.11. The number of aromatic nitrogens is 2. The number of fused-ring (bicyclic) bond motifs is 1. The van der Waals surface area contributed by atoms with Crippen molar-refractivity contribution in [2.75, 3.05) is 0 Å². The van der Waals surface area contributed by atoms with E-state index < -0.39 is 0 Å². The van der Waals surface area contributed by atoms with Gasteiger partial charge in [0.25, 0.3) is 0 Å². The van der Waals surface area contributed by atoms with E-state index in [2.05, 4.69) is 16.3 Å². The minimum absolute atomic E-state index is 0.234. The van der Waals surface area contributed by atoms with E-state index in [1.54, 1.807) is 0 Å². The lowest BCUT2D eigenvalue weighted by Crippen LogP contribution is -1.97. The molecular formula is C8H6ClN3. The first-order valence-electron chi connectivity index (χ1n) is 3.77. The van der Waals surface area contributed by atoms with Crippen LogP contribution in [0.4, 0.5) is 0 Å². The molecule has 1 aliphatic rings. The molecule has 1 aliphatic carbocycles. The average molecular weight is 180 g/mol. The zero-order chi connectivity index (χ0) is 8.55. The summed E-state index contributed by atoms with van der Waals surface area (Å²) in [5.74, 6) is 0. The second kappa shape index (κ2) is 2.72. The van der Waals surface area contributed by atoms with Crippen LogP contribution in [0.15, 0.2) is 0 Å². The lowest BCUT2D eigenvalue weighted by atomic mass is 10.1. The van der Waals surface area contributed by atoms with Crippen molar-refractivity contribution < 1.29 is 0 Å². The van der Waals surface area contributed by atoms with Crippen LogP contribution in [-0.2, 0) is 12.8 Å². The molecule has 0 unspecified atom stereocenters. The molecule has 2 rings (SSSR count). The van der Waals surface area contributed by atoms with Crippen molar-refractivity contribution in [3.05, 3.63) is 22.0 Å². The fourth-order valence-electron chi connectivity index (χ4n) is 1.50. The van der Waals surface area contributed by atoms with Crippen molar-refractivity contribution in [2.24, 2.45) is 0 Å². The largest absolute Gasteiger partial charge is 0.192 e. The third kappa shape index (κ3) is 0.961. The summed E-state index contributed by atoms with van der Waals surface area (Å²) in [7, 11) is 0. The van der Waals surface area contributed by atoms with Gasteiger partial charge in [-0.3, -0.25) is 0 Å². The summed E-state index contributed by atoms with van der Waals surface area (Å²) in [5.41, 5.74) is 2.45. The van der Waals surface area contributed by atoms with Crippen molar-refractivity contribution in [1.29, 1.82) is 5.26 Å². The van der Waals surface area contributed by atoms with Crippen molar-refractivity contribution in [1.82, 2.24) is 10.2 Å². The van der Waals surface area contributed by atoms with E-state index in [0.29, 0.717) is 5.56 Å². The van der Waals surface area contributed by atoms with Gasteiger partial charge < -0.3 is 0 Å². The third-order valence-electron chi connectivity index (χ3n) is 2.07. The zero-order valence-corrected chi connectivity index (χ0v) is 7.10. The standard InChI is InChI=1S/C8H6ClN3/c9-8-6(4-10)5-2-1-3-7(5)11-12-8/h1-3H2. The molecule has 1 aromatic heterocycles. The molecule has 0 aromatic carbocycles. The highest BCUT2D eigenvalue weighted by atomic mass is 35.5. The van der Waals surface area contributed by atoms with Gasteiger partial charge in [-0.05, 0) is 24.8 Å². The van der Waals surface area contributed by atoms with Gasteiger partial charge in [-0.25, -0.2) is 0 Å². The molecule has 0 saturated carbocycles. The van der Waals surface area contributed by atoms with E-state index in [1.807, 2.05) is 0 Å². The summed E-state index contributed by atoms with van der Waals surface area (Å²) in [4.78, 5) is 0. The molecule has 0 bridgehead atoms. The van der Waals surface area contributed by atoms with Crippen LogP contribution in [0.5, 0.6) is 0 Å². The van der Waals surface area contributed by atoms with Crippen LogP contribution in [0, 0.1) is 11.3 Å². The fraction of sp³-hybridized carbons (Fsp3) is 0.375. The number of rotatable bonds is 0. The molecule has 0 atom stereocenters. The maximum atomic E-state index is 8.78. The molecule has 3 nitrogen and oxygen atoms in total. The van der Waals surface area contributed by atoms with E-state index in [1.165, 1.54) is 0 Å². The molecule has 1 heterocycles. The Hall–Kier alpha value is -1.14. The summed E-state index contributed by atoms with van der Waals surface area (Å²) in [6.07, 6.45) is 2.89. The minimum Gasteiger partial charge on any atom is -0.192 e. The summed E-state index contributed by atoms with van der Waals surface area (Å²) >= 11 is 5.71. The van der Waals surface area contributed by atoms with Gasteiger partial charge in [0.15, 0.2) is 5.15 Å². The molecule has 0 fully saturated rings. The topological polar surface area (TPSA) is 49.6 Å². The van der Waals surface area contributed by atoms with Gasteiger partial charge in [-0.1, -0.05) is 11.6 Å². The normalized spacial score (nSPS) is 14.0. The third-order valence-corrected chi connectivity index (χ3v) is 2.33. The quantitative estimate of drug-likeness (QED) is 0.606. The van der Waals surface area contributed by atoms with Crippen molar-refractivity contribution in [2.45, 2.75) is 19.3 Å². The molecule has 12 heavy (non-hydrogen) atoms. The molecule has 4 heteroatoms. The predicted octanol–water partition coefficient (Wildman–Crippen LogP) is 1.49. The van der Waals surface area contributed by atoms with Crippen LogP contribution in [0.25, 0.3) is 0 Å². The van der Waals surface area contributed by atoms with E-state index >= 15 is 0 Å². The fourth-order valence-corrected chi connectivity index (χ4v) is 1.69. The number of nitriles is 1. The molecule has 0 aliphatic heterocycles. The van der Waals surface area contributed by atoms with Crippen LogP contribution in [-0.4, -0.2) is 10.2 Å². The van der Waals surface area contributed by atoms with Crippen molar-refractivity contribution in [3.8, 4) is 6.07 Å². The highest BCUT2D eigenvalue weighted by Crippen LogP contribution is 2.25. The maximum Gasteiger partial charge on any atom is 0.169 e. The summed E-state index contributed by atoms with van der Waals surface area (Å²) < 4.78 is 0. The Balaban J connectivity index is 2.67. The number of hydrogen-bond acceptors (Lipinski definition) is 3. The average Bonchev–Trinajstić information content (AvgIpc) is 2.52. The number of halogens is 1. The van der Waals surface area contributed by atoms with Crippen LogP contribution < -0.4 is 0 Å². The number of aryl methyl sites for hydroxylation is 1. The molecule has 0 saturated heterocycles. The monoisotopic (exact) mass is 179 g/mol.